The van der Waals surface area contributed by atoms with E-state index in [1.54, 1.807) is 11.8 Å². The van der Waals surface area contributed by atoms with Crippen molar-refractivity contribution in [2.24, 2.45) is 5.92 Å². The molecule has 1 atom stereocenters. The van der Waals surface area contributed by atoms with E-state index in [9.17, 15) is 19.5 Å². The van der Waals surface area contributed by atoms with Crippen molar-refractivity contribution in [1.82, 2.24) is 5.32 Å². The second-order valence-corrected chi connectivity index (χ2v) is 7.86. The summed E-state index contributed by atoms with van der Waals surface area (Å²) in [5.41, 5.74) is 0.751. The molecule has 1 unspecified atom stereocenters. The van der Waals surface area contributed by atoms with Crippen LogP contribution in [0.4, 0.5) is 5.69 Å². The van der Waals surface area contributed by atoms with E-state index in [0.29, 0.717) is 25.7 Å². The van der Waals surface area contributed by atoms with Gasteiger partial charge in [-0.3, -0.25) is 9.59 Å². The van der Waals surface area contributed by atoms with Gasteiger partial charge in [-0.1, -0.05) is 18.2 Å². The molecular formula is C18H22N2O4S. The molecule has 1 saturated heterocycles. The topological polar surface area (TPSA) is 95.5 Å². The van der Waals surface area contributed by atoms with E-state index >= 15 is 0 Å². The average Bonchev–Trinajstić information content (AvgIpc) is 2.60. The maximum Gasteiger partial charge on any atom is 0.329 e. The maximum atomic E-state index is 12.3. The summed E-state index contributed by atoms with van der Waals surface area (Å²) in [7, 11) is 0. The highest BCUT2D eigenvalue weighted by Crippen LogP contribution is 2.29. The standard InChI is InChI=1S/C18H22N2O4S/c21-15(20-18(17(23)24)7-9-25-10-8-18)6-5-13-11-12-3-1-2-4-14(12)19-16(13)22/h1-4,13H,5-11H2,(H,19,22)(H,20,21)(H,23,24). The summed E-state index contributed by atoms with van der Waals surface area (Å²) in [6.07, 6.45) is 2.06. The van der Waals surface area contributed by atoms with E-state index in [-0.39, 0.29) is 24.2 Å². The fourth-order valence-corrected chi connectivity index (χ4v) is 4.58. The molecule has 2 aliphatic rings. The number of fused-ring (bicyclic) bond motifs is 1. The van der Waals surface area contributed by atoms with Crippen molar-refractivity contribution in [3.05, 3.63) is 29.8 Å². The van der Waals surface area contributed by atoms with E-state index in [2.05, 4.69) is 10.6 Å². The zero-order chi connectivity index (χ0) is 17.9. The summed E-state index contributed by atoms with van der Waals surface area (Å²) in [6, 6.07) is 7.65. The van der Waals surface area contributed by atoms with Crippen LogP contribution in [0.2, 0.25) is 0 Å². The third-order valence-electron chi connectivity index (χ3n) is 4.97. The first-order valence-corrected chi connectivity index (χ1v) is 9.66. The molecule has 1 aromatic rings. The number of carbonyl (C=O) groups is 3. The third kappa shape index (κ3) is 3.98. The van der Waals surface area contributed by atoms with Crippen LogP contribution in [0.1, 0.15) is 31.2 Å². The molecular weight excluding hydrogens is 340 g/mol. The van der Waals surface area contributed by atoms with Gasteiger partial charge in [0.1, 0.15) is 5.54 Å². The van der Waals surface area contributed by atoms with Crippen molar-refractivity contribution >= 4 is 35.2 Å². The highest BCUT2D eigenvalue weighted by molar-refractivity contribution is 7.99. The van der Waals surface area contributed by atoms with E-state index in [1.807, 2.05) is 24.3 Å². The number of para-hydroxylation sites is 1. The quantitative estimate of drug-likeness (QED) is 0.745. The molecule has 0 radical (unpaired) electrons. The maximum absolute atomic E-state index is 12.3. The smallest absolute Gasteiger partial charge is 0.329 e. The van der Waals surface area contributed by atoms with Crippen molar-refractivity contribution in [2.45, 2.75) is 37.6 Å². The Bertz CT molecular complexity index is 685. The van der Waals surface area contributed by atoms with E-state index in [0.717, 1.165) is 22.8 Å². The van der Waals surface area contributed by atoms with Crippen LogP contribution in [-0.4, -0.2) is 39.9 Å². The molecule has 0 saturated carbocycles. The molecule has 0 bridgehead atoms. The predicted molar refractivity (Wildman–Crippen MR) is 96.6 cm³/mol. The number of hydrogen-bond acceptors (Lipinski definition) is 4. The van der Waals surface area contributed by atoms with Gasteiger partial charge < -0.3 is 15.7 Å². The molecule has 3 rings (SSSR count). The Hall–Kier alpha value is -2.02. The Labute approximate surface area is 150 Å². The first-order chi connectivity index (χ1) is 12.0. The minimum absolute atomic E-state index is 0.0754. The number of carboxylic acid groups (broad SMARTS) is 1. The number of rotatable bonds is 5. The summed E-state index contributed by atoms with van der Waals surface area (Å²) in [4.78, 5) is 36.1. The van der Waals surface area contributed by atoms with Gasteiger partial charge in [-0.25, -0.2) is 4.79 Å². The molecule has 3 N–H and O–H groups in total. The predicted octanol–water partition coefficient (Wildman–Crippen LogP) is 2.04. The van der Waals surface area contributed by atoms with Crippen LogP contribution in [0, 0.1) is 5.92 Å². The van der Waals surface area contributed by atoms with Gasteiger partial charge in [0.15, 0.2) is 0 Å². The van der Waals surface area contributed by atoms with Crippen molar-refractivity contribution in [3.8, 4) is 0 Å². The fourth-order valence-electron chi connectivity index (χ4n) is 3.39. The second-order valence-electron chi connectivity index (χ2n) is 6.63. The van der Waals surface area contributed by atoms with E-state index in [4.69, 9.17) is 0 Å². The SMILES string of the molecule is O=C(CCC1Cc2ccccc2NC1=O)NC1(C(=O)O)CCSCC1. The van der Waals surface area contributed by atoms with Gasteiger partial charge in [0.25, 0.3) is 0 Å². The number of amides is 2. The number of nitrogens with one attached hydrogen (secondary N) is 2. The first-order valence-electron chi connectivity index (χ1n) is 8.51. The van der Waals surface area contributed by atoms with Crippen molar-refractivity contribution in [2.75, 3.05) is 16.8 Å². The number of benzene rings is 1. The molecule has 2 heterocycles. The van der Waals surface area contributed by atoms with E-state index in [1.165, 1.54) is 0 Å². The summed E-state index contributed by atoms with van der Waals surface area (Å²) in [5.74, 6) is -0.133. The van der Waals surface area contributed by atoms with Gasteiger partial charge >= 0.3 is 5.97 Å². The third-order valence-corrected chi connectivity index (χ3v) is 5.95. The molecule has 7 heteroatoms. The first kappa shape index (κ1) is 17.8. The Balaban J connectivity index is 1.57. The van der Waals surface area contributed by atoms with Crippen LogP contribution in [0.3, 0.4) is 0 Å². The van der Waals surface area contributed by atoms with Gasteiger partial charge in [-0.15, -0.1) is 0 Å². The highest BCUT2D eigenvalue weighted by atomic mass is 32.2. The largest absolute Gasteiger partial charge is 0.480 e. The fraction of sp³-hybridized carbons (Fsp3) is 0.500. The molecule has 0 aliphatic carbocycles. The number of anilines is 1. The van der Waals surface area contributed by atoms with Crippen molar-refractivity contribution < 1.29 is 19.5 Å². The molecule has 6 nitrogen and oxygen atoms in total. The highest BCUT2D eigenvalue weighted by Gasteiger charge is 2.41. The van der Waals surface area contributed by atoms with Crippen LogP contribution in [0.25, 0.3) is 0 Å². The van der Waals surface area contributed by atoms with Crippen LogP contribution in [-0.2, 0) is 20.8 Å². The summed E-state index contributed by atoms with van der Waals surface area (Å²) >= 11 is 1.70. The lowest BCUT2D eigenvalue weighted by molar-refractivity contribution is -0.148. The Morgan fingerprint density at radius 1 is 1.28 bits per heavy atom. The van der Waals surface area contributed by atoms with Gasteiger partial charge in [0, 0.05) is 18.0 Å². The van der Waals surface area contributed by atoms with Gasteiger partial charge in [-0.05, 0) is 48.8 Å². The molecule has 1 aromatic carbocycles. The van der Waals surface area contributed by atoms with Crippen molar-refractivity contribution in [1.29, 1.82) is 0 Å². The Morgan fingerprint density at radius 2 is 2.00 bits per heavy atom. The molecule has 2 aliphatic heterocycles. The van der Waals surface area contributed by atoms with Crippen LogP contribution in [0.5, 0.6) is 0 Å². The lowest BCUT2D eigenvalue weighted by atomic mass is 9.88. The zero-order valence-electron chi connectivity index (χ0n) is 13.9. The van der Waals surface area contributed by atoms with Crippen LogP contribution >= 0.6 is 11.8 Å². The van der Waals surface area contributed by atoms with E-state index < -0.39 is 11.5 Å². The second kappa shape index (κ2) is 7.47. The summed E-state index contributed by atoms with van der Waals surface area (Å²) in [6.45, 7) is 0. The molecule has 2 amide bonds. The average molecular weight is 362 g/mol. The zero-order valence-corrected chi connectivity index (χ0v) is 14.7. The molecule has 134 valence electrons. The van der Waals surface area contributed by atoms with Gasteiger partial charge in [-0.2, -0.15) is 11.8 Å². The molecule has 0 spiro atoms. The minimum atomic E-state index is -1.15. The number of carboxylic acids is 1. The number of carbonyl (C=O) groups excluding carboxylic acids is 2. The van der Waals surface area contributed by atoms with Crippen LogP contribution in [0.15, 0.2) is 24.3 Å². The molecule has 1 fully saturated rings. The number of thioether (sulfide) groups is 1. The van der Waals surface area contributed by atoms with Gasteiger partial charge in [0.2, 0.25) is 11.8 Å². The summed E-state index contributed by atoms with van der Waals surface area (Å²) < 4.78 is 0. The normalized spacial score (nSPS) is 21.8. The Kier molecular flexibility index (Phi) is 5.32. The summed E-state index contributed by atoms with van der Waals surface area (Å²) in [5, 5.41) is 15.1. The minimum Gasteiger partial charge on any atom is -0.480 e. The Morgan fingerprint density at radius 3 is 2.72 bits per heavy atom. The van der Waals surface area contributed by atoms with Crippen molar-refractivity contribution in [3.63, 3.8) is 0 Å². The lowest BCUT2D eigenvalue weighted by Gasteiger charge is -2.34. The number of aliphatic carboxylic acids is 1. The monoisotopic (exact) mass is 362 g/mol. The molecule has 0 aromatic heterocycles. The lowest BCUT2D eigenvalue weighted by Crippen LogP contribution is -2.56. The van der Waals surface area contributed by atoms with Crippen LogP contribution < -0.4 is 10.6 Å². The number of hydrogen-bond donors (Lipinski definition) is 3. The van der Waals surface area contributed by atoms with Gasteiger partial charge in [0.05, 0.1) is 0 Å². The molecule has 25 heavy (non-hydrogen) atoms.